The smallest absolute Gasteiger partial charge is 0.227 e. The Bertz CT molecular complexity index is 1120. The summed E-state index contributed by atoms with van der Waals surface area (Å²) in [5.41, 5.74) is 3.21. The maximum atomic E-state index is 13.1. The summed E-state index contributed by atoms with van der Waals surface area (Å²) in [6, 6.07) is 14.1. The molecular weight excluding hydrogens is 410 g/mol. The van der Waals surface area contributed by atoms with Gasteiger partial charge in [0.15, 0.2) is 0 Å². The molecule has 1 aromatic heterocycles. The van der Waals surface area contributed by atoms with Crippen molar-refractivity contribution in [1.82, 2.24) is 10.3 Å². The Morgan fingerprint density at radius 2 is 1.81 bits per heavy atom. The van der Waals surface area contributed by atoms with Gasteiger partial charge in [-0.1, -0.05) is 30.3 Å². The van der Waals surface area contributed by atoms with Gasteiger partial charge in [-0.3, -0.25) is 4.79 Å². The first-order valence-electron chi connectivity index (χ1n) is 10.4. The molecule has 1 heterocycles. The standard InChI is InChI=1S/C24H27N3O3S/c1-27(2,3)15-16-8-9-20-19(10-16)26-21(31-20)14-25-23(30)24(13-22(28)29)11-17-6-4-5-7-18(17)12-24/h4-10H,11-15H2,1-3H3,(H-,25,28,29,30). The third kappa shape index (κ3) is 4.78. The van der Waals surface area contributed by atoms with E-state index in [0.717, 1.165) is 37.4 Å². The average molecular weight is 438 g/mol. The second-order valence-electron chi connectivity index (χ2n) is 9.49. The van der Waals surface area contributed by atoms with E-state index in [1.807, 2.05) is 24.3 Å². The molecule has 0 unspecified atom stereocenters. The number of carbonyl (C=O) groups excluding carboxylic acids is 2. The van der Waals surface area contributed by atoms with E-state index < -0.39 is 11.4 Å². The molecule has 0 radical (unpaired) electrons. The summed E-state index contributed by atoms with van der Waals surface area (Å²) in [7, 11) is 6.45. The van der Waals surface area contributed by atoms with Crippen LogP contribution in [0, 0.1) is 5.41 Å². The molecule has 0 atom stereocenters. The molecule has 0 saturated carbocycles. The lowest BCUT2D eigenvalue weighted by Crippen LogP contribution is -2.45. The Labute approximate surface area is 186 Å². The minimum atomic E-state index is -1.20. The third-order valence-corrected chi connectivity index (χ3v) is 6.73. The molecule has 1 aliphatic rings. The maximum Gasteiger partial charge on any atom is 0.227 e. The number of quaternary nitrogens is 1. The summed E-state index contributed by atoms with van der Waals surface area (Å²) < 4.78 is 1.91. The molecule has 7 heteroatoms. The van der Waals surface area contributed by atoms with Crippen molar-refractivity contribution < 1.29 is 19.2 Å². The molecule has 4 rings (SSSR count). The van der Waals surface area contributed by atoms with Gasteiger partial charge in [0.05, 0.1) is 43.3 Å². The van der Waals surface area contributed by atoms with Crippen LogP contribution in [0.4, 0.5) is 0 Å². The van der Waals surface area contributed by atoms with Crippen LogP contribution in [0.5, 0.6) is 0 Å². The molecule has 1 aliphatic carbocycles. The van der Waals surface area contributed by atoms with Crippen molar-refractivity contribution in [3.05, 3.63) is 64.2 Å². The van der Waals surface area contributed by atoms with Gasteiger partial charge in [-0.25, -0.2) is 4.98 Å². The van der Waals surface area contributed by atoms with Crippen molar-refractivity contribution in [3.8, 4) is 0 Å². The first kappa shape index (κ1) is 21.5. The molecule has 162 valence electrons. The topological polar surface area (TPSA) is 82.1 Å². The van der Waals surface area contributed by atoms with Crippen molar-refractivity contribution in [1.29, 1.82) is 0 Å². The van der Waals surface area contributed by atoms with Crippen LogP contribution in [0.25, 0.3) is 10.2 Å². The average Bonchev–Trinajstić information content (AvgIpc) is 3.24. The van der Waals surface area contributed by atoms with Gasteiger partial charge in [0.2, 0.25) is 5.91 Å². The molecule has 3 aromatic rings. The van der Waals surface area contributed by atoms with E-state index in [1.54, 1.807) is 11.3 Å². The summed E-state index contributed by atoms with van der Waals surface area (Å²) in [5.74, 6) is -1.45. The number of aromatic nitrogens is 1. The van der Waals surface area contributed by atoms with E-state index in [4.69, 9.17) is 4.98 Å². The second kappa shape index (κ2) is 8.05. The first-order valence-corrected chi connectivity index (χ1v) is 11.2. The predicted octanol–water partition coefficient (Wildman–Crippen LogP) is 2.04. The predicted molar refractivity (Wildman–Crippen MR) is 119 cm³/mol. The van der Waals surface area contributed by atoms with Gasteiger partial charge in [0.25, 0.3) is 0 Å². The highest BCUT2D eigenvalue weighted by Crippen LogP contribution is 2.40. The van der Waals surface area contributed by atoms with Gasteiger partial charge in [-0.15, -0.1) is 11.3 Å². The first-order chi connectivity index (χ1) is 14.6. The zero-order chi connectivity index (χ0) is 22.2. The highest BCUT2D eigenvalue weighted by molar-refractivity contribution is 7.18. The fraction of sp³-hybridized carbons (Fsp3) is 0.375. The van der Waals surface area contributed by atoms with Gasteiger partial charge in [0, 0.05) is 18.0 Å². The zero-order valence-electron chi connectivity index (χ0n) is 18.1. The number of hydrogen-bond donors (Lipinski definition) is 1. The summed E-state index contributed by atoms with van der Waals surface area (Å²) in [5, 5.41) is 15.2. The number of rotatable bonds is 7. The van der Waals surface area contributed by atoms with Crippen LogP contribution in [0.3, 0.4) is 0 Å². The molecule has 0 fully saturated rings. The van der Waals surface area contributed by atoms with E-state index in [1.165, 1.54) is 5.56 Å². The van der Waals surface area contributed by atoms with Crippen molar-refractivity contribution in [2.45, 2.75) is 32.4 Å². The number of hydrogen-bond acceptors (Lipinski definition) is 5. The molecule has 1 amide bonds. The molecule has 6 nitrogen and oxygen atoms in total. The van der Waals surface area contributed by atoms with Crippen LogP contribution in [-0.2, 0) is 35.5 Å². The van der Waals surface area contributed by atoms with Gasteiger partial charge >= 0.3 is 0 Å². The van der Waals surface area contributed by atoms with Crippen molar-refractivity contribution in [3.63, 3.8) is 0 Å². The summed E-state index contributed by atoms with van der Waals surface area (Å²) in [4.78, 5) is 29.3. The summed E-state index contributed by atoms with van der Waals surface area (Å²) in [6.45, 7) is 1.19. The third-order valence-electron chi connectivity index (χ3n) is 5.69. The fourth-order valence-corrected chi connectivity index (χ4v) is 5.31. The highest BCUT2D eigenvalue weighted by atomic mass is 32.1. The Hall–Kier alpha value is -2.77. The normalized spacial score (nSPS) is 15.1. The summed E-state index contributed by atoms with van der Waals surface area (Å²) in [6.07, 6.45) is 0.538. The van der Waals surface area contributed by atoms with Crippen molar-refractivity contribution >= 4 is 33.4 Å². The molecule has 1 N–H and O–H groups in total. The summed E-state index contributed by atoms with van der Waals surface area (Å²) >= 11 is 1.55. The van der Waals surface area contributed by atoms with Crippen molar-refractivity contribution in [2.24, 2.45) is 5.41 Å². The zero-order valence-corrected chi connectivity index (χ0v) is 18.9. The van der Waals surface area contributed by atoms with E-state index >= 15 is 0 Å². The number of fused-ring (bicyclic) bond motifs is 2. The highest BCUT2D eigenvalue weighted by Gasteiger charge is 2.43. The minimum Gasteiger partial charge on any atom is -0.550 e. The molecule has 2 aromatic carbocycles. The van der Waals surface area contributed by atoms with E-state index in [-0.39, 0.29) is 18.9 Å². The largest absolute Gasteiger partial charge is 0.550 e. The molecule has 0 spiro atoms. The van der Waals surface area contributed by atoms with Crippen LogP contribution in [-0.4, -0.2) is 42.5 Å². The van der Waals surface area contributed by atoms with E-state index in [0.29, 0.717) is 12.8 Å². The fourth-order valence-electron chi connectivity index (χ4n) is 4.42. The minimum absolute atomic E-state index is 0.252. The number of amides is 1. The second-order valence-corrected chi connectivity index (χ2v) is 10.6. The van der Waals surface area contributed by atoms with E-state index in [9.17, 15) is 14.7 Å². The Morgan fingerprint density at radius 3 is 2.42 bits per heavy atom. The van der Waals surface area contributed by atoms with Crippen LogP contribution < -0.4 is 10.4 Å². The number of aliphatic carboxylic acids is 1. The molecule has 0 bridgehead atoms. The van der Waals surface area contributed by atoms with Crippen LogP contribution in [0.15, 0.2) is 42.5 Å². The number of thiazole rings is 1. The number of carboxylic acid groups (broad SMARTS) is 1. The Kier molecular flexibility index (Phi) is 5.58. The van der Waals surface area contributed by atoms with Crippen molar-refractivity contribution in [2.75, 3.05) is 21.1 Å². The SMILES string of the molecule is C[N+](C)(C)Cc1ccc2sc(CNC(=O)C3(CC(=O)[O-])Cc4ccccc4C3)nc2c1. The number of carboxylic acids is 1. The van der Waals surface area contributed by atoms with Gasteiger partial charge < -0.3 is 19.7 Å². The van der Waals surface area contributed by atoms with Gasteiger partial charge in [-0.05, 0) is 36.1 Å². The molecule has 31 heavy (non-hydrogen) atoms. The monoisotopic (exact) mass is 437 g/mol. The van der Waals surface area contributed by atoms with Gasteiger partial charge in [-0.2, -0.15) is 0 Å². The molecular formula is C24H27N3O3S. The lowest BCUT2D eigenvalue weighted by molar-refractivity contribution is -0.883. The quantitative estimate of drug-likeness (QED) is 0.574. The Morgan fingerprint density at radius 1 is 1.13 bits per heavy atom. The molecule has 0 saturated heterocycles. The van der Waals surface area contributed by atoms with Crippen LogP contribution in [0.1, 0.15) is 28.1 Å². The van der Waals surface area contributed by atoms with Crippen LogP contribution in [0.2, 0.25) is 0 Å². The van der Waals surface area contributed by atoms with Gasteiger partial charge in [0.1, 0.15) is 11.6 Å². The lowest BCUT2D eigenvalue weighted by Gasteiger charge is -2.28. The Balaban J connectivity index is 1.49. The van der Waals surface area contributed by atoms with E-state index in [2.05, 4.69) is 44.7 Å². The number of carbonyl (C=O) groups is 2. The number of nitrogens with zero attached hydrogens (tertiary/aromatic N) is 2. The molecule has 0 aliphatic heterocycles. The van der Waals surface area contributed by atoms with Crippen LogP contribution >= 0.6 is 11.3 Å². The maximum absolute atomic E-state index is 13.1. The number of nitrogens with one attached hydrogen (secondary N) is 1. The number of benzene rings is 2. The lowest BCUT2D eigenvalue weighted by atomic mass is 9.80.